The van der Waals surface area contributed by atoms with Gasteiger partial charge in [0.1, 0.15) is 11.7 Å². The number of cyclic esters (lactones) is 1. The number of aliphatic hydroxyl groups is 1. The van der Waals surface area contributed by atoms with Crippen LogP contribution in [0.1, 0.15) is 66.7 Å². The minimum atomic E-state index is -1.30. The summed E-state index contributed by atoms with van der Waals surface area (Å²) in [5, 5.41) is 11.4. The largest absolute Gasteiger partial charge is 0.457 e. The standard InChI is InChI=1S/C33H53N3O7/c1-24-14-15-33(5,40)28(42-32(39)36-20-18-34(6)19-21-36)13-12-27(4)30(43-29(37)22-24)26(3)11-9-10-25(2)23-41-31(38)35-16-7-8-17-35/h9-13,24-25,27-28,30,40H,7-8,14-23H2,1-6H3/b10-9+,13-12+,26-11+/t24-,25-,27+,28+,30-,33-/m1/s1. The van der Waals surface area contributed by atoms with E-state index in [4.69, 9.17) is 14.2 Å². The fourth-order valence-electron chi connectivity index (χ4n) is 5.54. The van der Waals surface area contributed by atoms with Crippen molar-refractivity contribution in [1.29, 1.82) is 0 Å². The third-order valence-electron chi connectivity index (χ3n) is 8.67. The highest BCUT2D eigenvalue weighted by atomic mass is 16.6. The molecule has 0 unspecified atom stereocenters. The molecule has 0 spiro atoms. The number of likely N-dealkylation sites (tertiary alicyclic amines) is 1. The summed E-state index contributed by atoms with van der Waals surface area (Å²) in [7, 11) is 2.02. The zero-order valence-electron chi connectivity index (χ0n) is 27.0. The van der Waals surface area contributed by atoms with Crippen LogP contribution in [0, 0.1) is 17.8 Å². The Balaban J connectivity index is 1.71. The molecule has 0 aromatic heterocycles. The van der Waals surface area contributed by atoms with Crippen molar-refractivity contribution in [1.82, 2.24) is 14.7 Å². The summed E-state index contributed by atoms with van der Waals surface area (Å²) < 4.78 is 17.3. The van der Waals surface area contributed by atoms with Crippen molar-refractivity contribution >= 4 is 18.2 Å². The molecule has 10 nitrogen and oxygen atoms in total. The van der Waals surface area contributed by atoms with Gasteiger partial charge in [0.05, 0.1) is 6.61 Å². The SMILES string of the molecule is C/C(=C\C=C\[C@@H](C)COC(=O)N1CCCC1)[C@H]1OC(=O)C[C@H](C)CC[C@@](C)(O)[C@@H](OC(=O)N2CCN(C)CC2)/C=C/[C@@H]1C. The number of allylic oxidation sites excluding steroid dienone is 2. The maximum absolute atomic E-state index is 13.0. The maximum atomic E-state index is 13.0. The summed E-state index contributed by atoms with van der Waals surface area (Å²) in [6.07, 6.45) is 10.5. The highest BCUT2D eigenvalue weighted by Gasteiger charge is 2.36. The molecule has 3 aliphatic heterocycles. The van der Waals surface area contributed by atoms with E-state index in [1.807, 2.05) is 59.0 Å². The number of rotatable bonds is 6. The lowest BCUT2D eigenvalue weighted by molar-refractivity contribution is -0.150. The molecule has 3 heterocycles. The van der Waals surface area contributed by atoms with E-state index in [1.165, 1.54) is 0 Å². The predicted molar refractivity (Wildman–Crippen MR) is 165 cm³/mol. The number of ether oxygens (including phenoxy) is 3. The van der Waals surface area contributed by atoms with Gasteiger partial charge in [0.15, 0.2) is 6.10 Å². The van der Waals surface area contributed by atoms with Gasteiger partial charge in [0, 0.05) is 57.5 Å². The minimum absolute atomic E-state index is 0.0133. The zero-order chi connectivity index (χ0) is 31.6. The number of carbonyl (C=O) groups excluding carboxylic acids is 3. The van der Waals surface area contributed by atoms with E-state index in [-0.39, 0.29) is 36.2 Å². The van der Waals surface area contributed by atoms with Gasteiger partial charge in [-0.1, -0.05) is 45.1 Å². The monoisotopic (exact) mass is 603 g/mol. The summed E-state index contributed by atoms with van der Waals surface area (Å²) in [5.74, 6) is -0.524. The molecule has 0 bridgehead atoms. The normalized spacial score (nSPS) is 31.6. The molecule has 2 amide bonds. The van der Waals surface area contributed by atoms with Gasteiger partial charge in [-0.2, -0.15) is 0 Å². The average molecular weight is 604 g/mol. The van der Waals surface area contributed by atoms with Gasteiger partial charge in [-0.3, -0.25) is 4.79 Å². The van der Waals surface area contributed by atoms with E-state index >= 15 is 0 Å². The molecular weight excluding hydrogens is 550 g/mol. The van der Waals surface area contributed by atoms with E-state index in [0.717, 1.165) is 44.6 Å². The first-order valence-electron chi connectivity index (χ1n) is 15.9. The third-order valence-corrected chi connectivity index (χ3v) is 8.67. The van der Waals surface area contributed by atoms with Crippen LogP contribution < -0.4 is 0 Å². The first-order valence-corrected chi connectivity index (χ1v) is 15.9. The number of esters is 1. The van der Waals surface area contributed by atoms with Crippen LogP contribution in [0.5, 0.6) is 0 Å². The smallest absolute Gasteiger partial charge is 0.410 e. The molecule has 0 aromatic rings. The Labute approximate surface area is 257 Å². The van der Waals surface area contributed by atoms with Crippen LogP contribution in [-0.2, 0) is 19.0 Å². The summed E-state index contributed by atoms with van der Waals surface area (Å²) in [4.78, 5) is 43.7. The summed E-state index contributed by atoms with van der Waals surface area (Å²) in [5.41, 5.74) is -0.446. The maximum Gasteiger partial charge on any atom is 0.410 e. The van der Waals surface area contributed by atoms with Crippen LogP contribution in [-0.4, -0.2) is 109 Å². The van der Waals surface area contributed by atoms with Gasteiger partial charge >= 0.3 is 18.2 Å². The molecule has 3 aliphatic rings. The second-order valence-corrected chi connectivity index (χ2v) is 13.0. The molecule has 2 fully saturated rings. The van der Waals surface area contributed by atoms with Crippen molar-refractivity contribution in [3.63, 3.8) is 0 Å². The van der Waals surface area contributed by atoms with Crippen LogP contribution in [0.3, 0.4) is 0 Å². The molecule has 0 saturated carbocycles. The molecule has 6 atom stereocenters. The molecule has 0 aromatic carbocycles. The Morgan fingerprint density at radius 2 is 1.74 bits per heavy atom. The third kappa shape index (κ3) is 11.0. The highest BCUT2D eigenvalue weighted by molar-refractivity contribution is 5.70. The molecule has 1 N–H and O–H groups in total. The second kappa shape index (κ2) is 16.3. The van der Waals surface area contributed by atoms with E-state index in [2.05, 4.69) is 4.90 Å². The minimum Gasteiger partial charge on any atom is -0.457 e. The summed E-state index contributed by atoms with van der Waals surface area (Å²) in [6, 6.07) is 0. The van der Waals surface area contributed by atoms with Gasteiger partial charge in [-0.05, 0) is 64.1 Å². The Morgan fingerprint density at radius 3 is 2.42 bits per heavy atom. The van der Waals surface area contributed by atoms with Crippen molar-refractivity contribution in [3.8, 4) is 0 Å². The lowest BCUT2D eigenvalue weighted by Crippen LogP contribution is -2.50. The molecule has 3 rings (SSSR count). The Bertz CT molecular complexity index is 1030. The Kier molecular flexibility index (Phi) is 13.1. The fraction of sp³-hybridized carbons (Fsp3) is 0.727. The molecule has 2 saturated heterocycles. The number of piperazine rings is 1. The van der Waals surface area contributed by atoms with E-state index in [9.17, 15) is 19.5 Å². The summed E-state index contributed by atoms with van der Waals surface area (Å²) >= 11 is 0. The van der Waals surface area contributed by atoms with Gasteiger partial charge < -0.3 is 34.0 Å². The molecule has 242 valence electrons. The first kappa shape index (κ1) is 34.6. The zero-order valence-corrected chi connectivity index (χ0v) is 27.0. The quantitative estimate of drug-likeness (QED) is 0.200. The van der Waals surface area contributed by atoms with E-state index in [0.29, 0.717) is 32.5 Å². The number of nitrogens with zero attached hydrogens (tertiary/aromatic N) is 3. The Morgan fingerprint density at radius 1 is 1.09 bits per heavy atom. The van der Waals surface area contributed by atoms with Gasteiger partial charge in [-0.15, -0.1) is 0 Å². The van der Waals surface area contributed by atoms with Crippen molar-refractivity contribution in [2.75, 3.05) is 52.9 Å². The second-order valence-electron chi connectivity index (χ2n) is 13.0. The van der Waals surface area contributed by atoms with Crippen molar-refractivity contribution in [2.45, 2.75) is 84.5 Å². The van der Waals surface area contributed by atoms with Crippen LogP contribution in [0.25, 0.3) is 0 Å². The molecule has 10 heteroatoms. The van der Waals surface area contributed by atoms with Crippen LogP contribution in [0.15, 0.2) is 36.0 Å². The molecule has 0 aliphatic carbocycles. The number of hydrogen-bond donors (Lipinski definition) is 1. The lowest BCUT2D eigenvalue weighted by Gasteiger charge is -2.36. The van der Waals surface area contributed by atoms with Crippen molar-refractivity contribution < 1.29 is 33.7 Å². The molecule has 43 heavy (non-hydrogen) atoms. The van der Waals surface area contributed by atoms with Crippen LogP contribution in [0.2, 0.25) is 0 Å². The Hall–Kier alpha value is -2.85. The van der Waals surface area contributed by atoms with Crippen LogP contribution in [0.4, 0.5) is 9.59 Å². The topological polar surface area (TPSA) is 109 Å². The van der Waals surface area contributed by atoms with Gasteiger partial charge in [0.2, 0.25) is 0 Å². The fourth-order valence-corrected chi connectivity index (χ4v) is 5.54. The lowest BCUT2D eigenvalue weighted by atomic mass is 9.87. The van der Waals surface area contributed by atoms with E-state index in [1.54, 1.807) is 22.8 Å². The van der Waals surface area contributed by atoms with Gasteiger partial charge in [0.25, 0.3) is 0 Å². The highest BCUT2D eigenvalue weighted by Crippen LogP contribution is 2.29. The molecular formula is C33H53N3O7. The predicted octanol–water partition coefficient (Wildman–Crippen LogP) is 4.79. The average Bonchev–Trinajstić information content (AvgIpc) is 3.50. The van der Waals surface area contributed by atoms with Crippen LogP contribution >= 0.6 is 0 Å². The van der Waals surface area contributed by atoms with Crippen molar-refractivity contribution in [3.05, 3.63) is 36.0 Å². The van der Waals surface area contributed by atoms with Gasteiger partial charge in [-0.25, -0.2) is 9.59 Å². The number of carbonyl (C=O) groups is 3. The van der Waals surface area contributed by atoms with E-state index < -0.39 is 23.9 Å². The number of hydrogen-bond acceptors (Lipinski definition) is 8. The molecule has 0 radical (unpaired) electrons. The summed E-state index contributed by atoms with van der Waals surface area (Å²) in [6.45, 7) is 14.0. The number of amides is 2. The number of likely N-dealkylation sites (N-methyl/N-ethyl adjacent to an activating group) is 1. The van der Waals surface area contributed by atoms with Crippen molar-refractivity contribution in [2.24, 2.45) is 17.8 Å². The first-order chi connectivity index (χ1) is 20.4.